The van der Waals surface area contributed by atoms with Crippen LogP contribution in [-0.2, 0) is 6.42 Å². The predicted molar refractivity (Wildman–Crippen MR) is 73.0 cm³/mol. The molecular weight excluding hydrogens is 252 g/mol. The lowest BCUT2D eigenvalue weighted by atomic mass is 10.1. The molecule has 1 nitrogen and oxygen atoms in total. The van der Waals surface area contributed by atoms with E-state index < -0.39 is 0 Å². The van der Waals surface area contributed by atoms with Gasteiger partial charge in [-0.05, 0) is 48.6 Å². The summed E-state index contributed by atoms with van der Waals surface area (Å²) in [5.41, 5.74) is 0.751. The van der Waals surface area contributed by atoms with E-state index in [9.17, 15) is 4.79 Å². The molecule has 0 bridgehead atoms. The van der Waals surface area contributed by atoms with Crippen LogP contribution in [0.2, 0.25) is 5.02 Å². The van der Waals surface area contributed by atoms with Gasteiger partial charge in [0.05, 0.1) is 0 Å². The van der Waals surface area contributed by atoms with Gasteiger partial charge in [-0.3, -0.25) is 4.79 Å². The molecule has 17 heavy (non-hydrogen) atoms. The fraction of sp³-hybridized carbons (Fsp3) is 0.214. The lowest BCUT2D eigenvalue weighted by Crippen LogP contribution is -1.99. The quantitative estimate of drug-likeness (QED) is 0.721. The lowest BCUT2D eigenvalue weighted by molar-refractivity contribution is 0.0980. The summed E-state index contributed by atoms with van der Waals surface area (Å²) < 4.78 is 0. The summed E-state index contributed by atoms with van der Waals surface area (Å²) in [5.74, 6) is 0.193. The zero-order valence-electron chi connectivity index (χ0n) is 9.36. The van der Waals surface area contributed by atoms with Gasteiger partial charge in [0.2, 0.25) is 0 Å². The van der Waals surface area contributed by atoms with Gasteiger partial charge in [0, 0.05) is 21.9 Å². The van der Waals surface area contributed by atoms with Crippen molar-refractivity contribution in [3.63, 3.8) is 0 Å². The van der Waals surface area contributed by atoms with Gasteiger partial charge < -0.3 is 0 Å². The van der Waals surface area contributed by atoms with E-state index in [0.717, 1.165) is 18.4 Å². The summed E-state index contributed by atoms with van der Waals surface area (Å²) in [6.45, 7) is 0. The van der Waals surface area contributed by atoms with Gasteiger partial charge in [0.1, 0.15) is 0 Å². The molecule has 1 aromatic carbocycles. The Bertz CT molecular complexity index is 473. The number of rotatable bonds is 5. The van der Waals surface area contributed by atoms with E-state index in [1.807, 2.05) is 6.07 Å². The van der Waals surface area contributed by atoms with E-state index in [1.54, 1.807) is 35.6 Å². The van der Waals surface area contributed by atoms with Crippen LogP contribution in [0.25, 0.3) is 0 Å². The summed E-state index contributed by atoms with van der Waals surface area (Å²) in [5, 5.41) is 2.73. The number of thiophene rings is 1. The van der Waals surface area contributed by atoms with Crippen molar-refractivity contribution in [1.29, 1.82) is 0 Å². The molecule has 0 aliphatic rings. The molecule has 1 aromatic heterocycles. The highest BCUT2D eigenvalue weighted by molar-refractivity contribution is 7.09. The number of Topliss-reactive ketones (excluding diaryl/α,β-unsaturated/α-hetero) is 1. The molecular formula is C14H13ClOS. The first-order chi connectivity index (χ1) is 8.25. The summed E-state index contributed by atoms with van der Waals surface area (Å²) in [7, 11) is 0. The topological polar surface area (TPSA) is 17.1 Å². The molecule has 0 saturated carbocycles. The summed E-state index contributed by atoms with van der Waals surface area (Å²) in [6, 6.07) is 11.2. The Balaban J connectivity index is 1.83. The predicted octanol–water partition coefficient (Wildman–Crippen LogP) is 4.61. The van der Waals surface area contributed by atoms with E-state index in [-0.39, 0.29) is 5.78 Å². The zero-order valence-corrected chi connectivity index (χ0v) is 10.9. The molecule has 88 valence electrons. The minimum Gasteiger partial charge on any atom is -0.294 e. The molecule has 0 aliphatic carbocycles. The molecule has 0 saturated heterocycles. The average molecular weight is 265 g/mol. The largest absolute Gasteiger partial charge is 0.294 e. The molecule has 0 N–H and O–H groups in total. The first-order valence-electron chi connectivity index (χ1n) is 5.57. The maximum atomic E-state index is 11.8. The number of ketones is 1. The fourth-order valence-corrected chi connectivity index (χ4v) is 2.54. The van der Waals surface area contributed by atoms with Gasteiger partial charge in [0.25, 0.3) is 0 Å². The Labute approximate surface area is 110 Å². The second-order valence-corrected chi connectivity index (χ2v) is 5.33. The number of carbonyl (C=O) groups is 1. The lowest BCUT2D eigenvalue weighted by Gasteiger charge is -2.00. The minimum absolute atomic E-state index is 0.193. The van der Waals surface area contributed by atoms with E-state index in [1.165, 1.54) is 4.88 Å². The van der Waals surface area contributed by atoms with Gasteiger partial charge in [0.15, 0.2) is 5.78 Å². The van der Waals surface area contributed by atoms with Gasteiger partial charge in [-0.25, -0.2) is 0 Å². The number of benzene rings is 1. The van der Waals surface area contributed by atoms with Crippen molar-refractivity contribution in [3.05, 3.63) is 57.2 Å². The number of hydrogen-bond acceptors (Lipinski definition) is 2. The van der Waals surface area contributed by atoms with Gasteiger partial charge >= 0.3 is 0 Å². The van der Waals surface area contributed by atoms with Gasteiger partial charge in [-0.1, -0.05) is 17.7 Å². The van der Waals surface area contributed by atoms with Crippen molar-refractivity contribution in [1.82, 2.24) is 0 Å². The highest BCUT2D eigenvalue weighted by atomic mass is 35.5. The van der Waals surface area contributed by atoms with E-state index in [2.05, 4.69) is 11.4 Å². The van der Waals surface area contributed by atoms with Crippen LogP contribution in [0.5, 0.6) is 0 Å². The molecule has 0 aliphatic heterocycles. The van der Waals surface area contributed by atoms with Crippen LogP contribution >= 0.6 is 22.9 Å². The van der Waals surface area contributed by atoms with Crippen LogP contribution < -0.4 is 0 Å². The van der Waals surface area contributed by atoms with Crippen molar-refractivity contribution in [2.75, 3.05) is 0 Å². The highest BCUT2D eigenvalue weighted by Gasteiger charge is 2.05. The molecule has 3 heteroatoms. The third-order valence-electron chi connectivity index (χ3n) is 2.57. The Hall–Kier alpha value is -1.12. The van der Waals surface area contributed by atoms with Crippen molar-refractivity contribution in [3.8, 4) is 0 Å². The second kappa shape index (κ2) is 5.99. The molecule has 0 unspecified atom stereocenters. The Morgan fingerprint density at radius 3 is 2.59 bits per heavy atom. The van der Waals surface area contributed by atoms with Crippen LogP contribution in [0.15, 0.2) is 41.8 Å². The molecule has 0 atom stereocenters. The molecule has 0 radical (unpaired) electrons. The SMILES string of the molecule is O=C(CCCc1cccs1)c1ccc(Cl)cc1. The summed E-state index contributed by atoms with van der Waals surface area (Å²) >= 11 is 7.52. The summed E-state index contributed by atoms with van der Waals surface area (Å²) in [6.07, 6.45) is 2.48. The van der Waals surface area contributed by atoms with Crippen LogP contribution in [0, 0.1) is 0 Å². The minimum atomic E-state index is 0.193. The molecule has 2 rings (SSSR count). The highest BCUT2D eigenvalue weighted by Crippen LogP contribution is 2.15. The van der Waals surface area contributed by atoms with Crippen molar-refractivity contribution in [2.45, 2.75) is 19.3 Å². The van der Waals surface area contributed by atoms with Crippen LogP contribution in [-0.4, -0.2) is 5.78 Å². The van der Waals surface area contributed by atoms with E-state index in [0.29, 0.717) is 11.4 Å². The van der Waals surface area contributed by atoms with Crippen molar-refractivity contribution in [2.24, 2.45) is 0 Å². The Morgan fingerprint density at radius 1 is 1.18 bits per heavy atom. The first-order valence-corrected chi connectivity index (χ1v) is 6.82. The Kier molecular flexibility index (Phi) is 4.35. The van der Waals surface area contributed by atoms with Gasteiger partial charge in [-0.15, -0.1) is 11.3 Å². The van der Waals surface area contributed by atoms with Crippen LogP contribution in [0.1, 0.15) is 28.1 Å². The standard InChI is InChI=1S/C14H13ClOS/c15-12-8-6-11(7-9-12)14(16)5-1-3-13-4-2-10-17-13/h2,4,6-10H,1,3,5H2. The molecule has 1 heterocycles. The first kappa shape index (κ1) is 12.3. The summed E-state index contributed by atoms with van der Waals surface area (Å²) in [4.78, 5) is 13.2. The maximum Gasteiger partial charge on any atom is 0.162 e. The Morgan fingerprint density at radius 2 is 1.94 bits per heavy atom. The van der Waals surface area contributed by atoms with E-state index in [4.69, 9.17) is 11.6 Å². The van der Waals surface area contributed by atoms with Crippen molar-refractivity contribution < 1.29 is 4.79 Å². The van der Waals surface area contributed by atoms with Crippen LogP contribution in [0.4, 0.5) is 0 Å². The number of halogens is 1. The van der Waals surface area contributed by atoms with Crippen molar-refractivity contribution >= 4 is 28.7 Å². The smallest absolute Gasteiger partial charge is 0.162 e. The number of hydrogen-bond donors (Lipinski definition) is 0. The number of aryl methyl sites for hydroxylation is 1. The monoisotopic (exact) mass is 264 g/mol. The van der Waals surface area contributed by atoms with Crippen LogP contribution in [0.3, 0.4) is 0 Å². The third-order valence-corrected chi connectivity index (χ3v) is 3.76. The normalized spacial score (nSPS) is 10.4. The fourth-order valence-electron chi connectivity index (χ4n) is 1.66. The molecule has 0 amide bonds. The van der Waals surface area contributed by atoms with E-state index >= 15 is 0 Å². The van der Waals surface area contributed by atoms with Gasteiger partial charge in [-0.2, -0.15) is 0 Å². The zero-order chi connectivity index (χ0) is 12.1. The average Bonchev–Trinajstić information content (AvgIpc) is 2.83. The maximum absolute atomic E-state index is 11.8. The molecule has 2 aromatic rings. The second-order valence-electron chi connectivity index (χ2n) is 3.86. The number of carbonyl (C=O) groups excluding carboxylic acids is 1. The molecule has 0 spiro atoms. The third kappa shape index (κ3) is 3.69. The molecule has 0 fully saturated rings.